The van der Waals surface area contributed by atoms with Crippen molar-refractivity contribution in [1.29, 1.82) is 0 Å². The Balaban J connectivity index is 1.25. The summed E-state index contributed by atoms with van der Waals surface area (Å²) < 4.78 is 13.4. The van der Waals surface area contributed by atoms with Crippen LogP contribution in [0, 0.1) is 0 Å². The molecule has 238 valence electrons. The molecule has 1 aliphatic rings. The summed E-state index contributed by atoms with van der Waals surface area (Å²) in [6.07, 6.45) is 7.00. The zero-order valence-corrected chi connectivity index (χ0v) is 27.8. The molecule has 7 rings (SSSR count). The van der Waals surface area contributed by atoms with Gasteiger partial charge in [-0.2, -0.15) is 0 Å². The molecule has 4 nitrogen and oxygen atoms in total. The van der Waals surface area contributed by atoms with E-state index in [9.17, 15) is 0 Å². The average molecular weight is 629 g/mol. The third-order valence-corrected chi connectivity index (χ3v) is 8.99. The van der Waals surface area contributed by atoms with Crippen LogP contribution in [0.15, 0.2) is 140 Å². The van der Waals surface area contributed by atoms with E-state index in [2.05, 4.69) is 91.5 Å². The second-order valence-corrected chi connectivity index (χ2v) is 12.4. The van der Waals surface area contributed by atoms with Gasteiger partial charge in [0.25, 0.3) is 0 Å². The van der Waals surface area contributed by atoms with Crippen LogP contribution in [-0.2, 0) is 12.8 Å². The first-order valence-electron chi connectivity index (χ1n) is 17.3. The number of para-hydroxylation sites is 2. The van der Waals surface area contributed by atoms with E-state index in [0.717, 1.165) is 69.4 Å². The Morgan fingerprint density at radius 3 is 1.40 bits per heavy atom. The minimum absolute atomic E-state index is 0.672. The molecule has 0 radical (unpaired) electrons. The molecule has 0 spiro atoms. The molecule has 0 atom stereocenters. The van der Waals surface area contributed by atoms with E-state index < -0.39 is 7.12 Å². The summed E-state index contributed by atoms with van der Waals surface area (Å²) in [5, 5.41) is 0. The average Bonchev–Trinajstić information content (AvgIpc) is 3.14. The Bertz CT molecular complexity index is 1840. The maximum atomic E-state index is 6.70. The Kier molecular flexibility index (Phi) is 9.56. The van der Waals surface area contributed by atoms with Crippen molar-refractivity contribution >= 4 is 29.6 Å². The van der Waals surface area contributed by atoms with E-state index in [1.807, 2.05) is 66.7 Å². The third kappa shape index (κ3) is 6.87. The molecule has 48 heavy (non-hydrogen) atoms. The number of anilines is 3. The Hall–Kier alpha value is -5.29. The summed E-state index contributed by atoms with van der Waals surface area (Å²) >= 11 is 0. The highest BCUT2D eigenvalue weighted by molar-refractivity contribution is 6.62. The first-order valence-corrected chi connectivity index (χ1v) is 17.3. The van der Waals surface area contributed by atoms with Crippen LogP contribution in [0.25, 0.3) is 22.5 Å². The number of hydrogen-bond donors (Lipinski definition) is 0. The van der Waals surface area contributed by atoms with Gasteiger partial charge in [0, 0.05) is 33.7 Å². The maximum absolute atomic E-state index is 6.70. The number of hydrogen-bond acceptors (Lipinski definition) is 4. The van der Waals surface area contributed by atoms with Crippen molar-refractivity contribution in [2.45, 2.75) is 52.4 Å². The second kappa shape index (κ2) is 14.6. The minimum atomic E-state index is -0.672. The van der Waals surface area contributed by atoms with Crippen LogP contribution in [0.4, 0.5) is 17.1 Å². The lowest BCUT2D eigenvalue weighted by molar-refractivity contribution is 0.440. The lowest BCUT2D eigenvalue weighted by atomic mass is 9.78. The smallest absolute Gasteiger partial charge is 0.521 e. The highest BCUT2D eigenvalue weighted by Gasteiger charge is 2.30. The standard InChI is InChI=1S/C43H41BN2O2/c1-3-5-12-32-20-26-35(27-21-32)46(36-28-22-33(23-29-36)13-6-4-2)37-30-24-34(25-31-37)44-47-42-18-9-7-14-38(42)40-16-11-17-41(45-40)39-15-8-10-19-43(39)48-44/h7-11,14-31H,3-6,12-13H2,1-2H3. The molecule has 0 saturated carbocycles. The lowest BCUT2D eigenvalue weighted by Crippen LogP contribution is -2.43. The molecule has 0 unspecified atom stereocenters. The number of aryl methyl sites for hydroxylation is 2. The zero-order valence-electron chi connectivity index (χ0n) is 27.8. The topological polar surface area (TPSA) is 34.6 Å². The van der Waals surface area contributed by atoms with E-state index in [1.165, 1.54) is 36.8 Å². The fourth-order valence-corrected chi connectivity index (χ4v) is 6.30. The van der Waals surface area contributed by atoms with Crippen LogP contribution >= 0.6 is 0 Å². The van der Waals surface area contributed by atoms with Gasteiger partial charge in [-0.1, -0.05) is 93.4 Å². The zero-order chi connectivity index (χ0) is 32.7. The molecule has 2 bridgehead atoms. The highest BCUT2D eigenvalue weighted by atomic mass is 16.6. The number of benzene rings is 5. The van der Waals surface area contributed by atoms with Crippen LogP contribution in [0.3, 0.4) is 0 Å². The van der Waals surface area contributed by atoms with Crippen molar-refractivity contribution < 1.29 is 9.31 Å². The highest BCUT2D eigenvalue weighted by Crippen LogP contribution is 2.37. The molecule has 0 amide bonds. The summed E-state index contributed by atoms with van der Waals surface area (Å²) in [6.45, 7) is 4.48. The van der Waals surface area contributed by atoms with E-state index in [4.69, 9.17) is 14.3 Å². The van der Waals surface area contributed by atoms with Crippen molar-refractivity contribution in [2.75, 3.05) is 4.90 Å². The van der Waals surface area contributed by atoms with Crippen molar-refractivity contribution in [3.63, 3.8) is 0 Å². The summed E-state index contributed by atoms with van der Waals surface area (Å²) in [4.78, 5) is 7.31. The van der Waals surface area contributed by atoms with Crippen LogP contribution in [0.1, 0.15) is 50.7 Å². The molecular weight excluding hydrogens is 587 g/mol. The number of nitrogens with zero attached hydrogens (tertiary/aromatic N) is 2. The van der Waals surface area contributed by atoms with E-state index in [-0.39, 0.29) is 0 Å². The van der Waals surface area contributed by atoms with Crippen LogP contribution < -0.4 is 19.7 Å². The summed E-state index contributed by atoms with van der Waals surface area (Å²) in [6, 6.07) is 48.8. The maximum Gasteiger partial charge on any atom is 0.632 e. The van der Waals surface area contributed by atoms with Gasteiger partial charge in [-0.25, -0.2) is 4.98 Å². The van der Waals surface area contributed by atoms with Gasteiger partial charge in [0.1, 0.15) is 11.5 Å². The number of unbranched alkanes of at least 4 members (excludes halogenated alkanes) is 2. The summed E-state index contributed by atoms with van der Waals surface area (Å²) in [5.41, 5.74) is 10.6. The van der Waals surface area contributed by atoms with Gasteiger partial charge in [0.05, 0.1) is 11.4 Å². The molecule has 5 heteroatoms. The van der Waals surface area contributed by atoms with Gasteiger partial charge in [-0.05, 0) is 110 Å². The molecule has 0 aliphatic carbocycles. The quantitative estimate of drug-likeness (QED) is 0.141. The molecule has 0 saturated heterocycles. The predicted octanol–water partition coefficient (Wildman–Crippen LogP) is 10.7. The van der Waals surface area contributed by atoms with Gasteiger partial charge in [-0.15, -0.1) is 0 Å². The molecular formula is C43H41BN2O2. The molecule has 5 aromatic carbocycles. The number of rotatable bonds is 10. The number of fused-ring (bicyclic) bond motifs is 6. The van der Waals surface area contributed by atoms with Gasteiger partial charge in [0.2, 0.25) is 0 Å². The van der Waals surface area contributed by atoms with Crippen molar-refractivity contribution in [2.24, 2.45) is 0 Å². The second-order valence-electron chi connectivity index (χ2n) is 12.4. The van der Waals surface area contributed by atoms with E-state index >= 15 is 0 Å². The minimum Gasteiger partial charge on any atom is -0.521 e. The van der Waals surface area contributed by atoms with Crippen LogP contribution in [0.2, 0.25) is 0 Å². The van der Waals surface area contributed by atoms with Gasteiger partial charge < -0.3 is 14.2 Å². The Morgan fingerprint density at radius 1 is 0.500 bits per heavy atom. The third-order valence-electron chi connectivity index (χ3n) is 8.99. The monoisotopic (exact) mass is 628 g/mol. The van der Waals surface area contributed by atoms with Crippen LogP contribution in [0.5, 0.6) is 11.5 Å². The molecule has 6 aromatic rings. The number of pyridine rings is 1. The van der Waals surface area contributed by atoms with Gasteiger partial charge in [0.15, 0.2) is 0 Å². The largest absolute Gasteiger partial charge is 0.632 e. The molecule has 2 heterocycles. The molecule has 0 fully saturated rings. The normalized spacial score (nSPS) is 11.9. The summed E-state index contributed by atoms with van der Waals surface area (Å²) in [7, 11) is -0.672. The van der Waals surface area contributed by atoms with E-state index in [0.29, 0.717) is 0 Å². The number of aromatic nitrogens is 1. The summed E-state index contributed by atoms with van der Waals surface area (Å²) in [5.74, 6) is 1.45. The van der Waals surface area contributed by atoms with Crippen molar-refractivity contribution in [1.82, 2.24) is 4.98 Å². The van der Waals surface area contributed by atoms with Crippen LogP contribution in [-0.4, -0.2) is 12.1 Å². The SMILES string of the molecule is CCCCc1ccc(N(c2ccc(CCCC)cc2)c2ccc(B3Oc4ccccc4-c4cccc(n4)-c4ccccc4O3)cc2)cc1. The van der Waals surface area contributed by atoms with Crippen molar-refractivity contribution in [3.8, 4) is 34.0 Å². The first-order chi connectivity index (χ1) is 23.7. The molecule has 1 aliphatic heterocycles. The van der Waals surface area contributed by atoms with Gasteiger partial charge in [-0.3, -0.25) is 0 Å². The Labute approximate surface area is 285 Å². The molecule has 1 aromatic heterocycles. The fourth-order valence-electron chi connectivity index (χ4n) is 6.30. The van der Waals surface area contributed by atoms with E-state index in [1.54, 1.807) is 0 Å². The lowest BCUT2D eigenvalue weighted by Gasteiger charge is -2.27. The van der Waals surface area contributed by atoms with Gasteiger partial charge >= 0.3 is 7.12 Å². The fraction of sp³-hybridized carbons (Fsp3) is 0.186. The Morgan fingerprint density at radius 2 is 0.938 bits per heavy atom. The first kappa shape index (κ1) is 31.3. The van der Waals surface area contributed by atoms with Crippen molar-refractivity contribution in [3.05, 3.63) is 151 Å². The predicted molar refractivity (Wildman–Crippen MR) is 200 cm³/mol. The molecule has 0 N–H and O–H groups in total.